The van der Waals surface area contributed by atoms with Gasteiger partial charge in [0, 0.05) is 5.92 Å². The number of ether oxygens (including phenoxy) is 2. The molecule has 1 aliphatic heterocycles. The van der Waals surface area contributed by atoms with Crippen molar-refractivity contribution in [3.05, 3.63) is 23.5 Å². The zero-order valence-corrected chi connectivity index (χ0v) is 17.3. The number of carbonyl (C=O) groups is 2. The molecule has 4 heteroatoms. The van der Waals surface area contributed by atoms with E-state index in [1.807, 2.05) is 13.0 Å². The minimum atomic E-state index is -0.442. The number of allylic oxidation sites excluding steroid dienone is 1. The molecule has 2 saturated carbocycles. The highest BCUT2D eigenvalue weighted by Gasteiger charge is 2.65. The summed E-state index contributed by atoms with van der Waals surface area (Å²) in [4.78, 5) is 24.6. The molecule has 5 atom stereocenters. The number of esters is 1. The molecule has 27 heavy (non-hydrogen) atoms. The van der Waals surface area contributed by atoms with Crippen LogP contribution in [0.15, 0.2) is 23.5 Å². The van der Waals surface area contributed by atoms with Crippen molar-refractivity contribution >= 4 is 11.8 Å². The highest BCUT2D eigenvalue weighted by molar-refractivity contribution is 5.97. The van der Waals surface area contributed by atoms with Crippen molar-refractivity contribution in [2.24, 2.45) is 22.7 Å². The van der Waals surface area contributed by atoms with E-state index < -0.39 is 5.60 Å². The van der Waals surface area contributed by atoms with Gasteiger partial charge in [0.2, 0.25) is 0 Å². The highest BCUT2D eigenvalue weighted by atomic mass is 16.6. The second-order valence-corrected chi connectivity index (χ2v) is 10.3. The molecule has 0 radical (unpaired) electrons. The van der Waals surface area contributed by atoms with Crippen molar-refractivity contribution in [3.8, 4) is 0 Å². The van der Waals surface area contributed by atoms with Gasteiger partial charge in [0.15, 0.2) is 5.78 Å². The van der Waals surface area contributed by atoms with Crippen LogP contribution < -0.4 is 0 Å². The van der Waals surface area contributed by atoms with E-state index in [4.69, 9.17) is 9.47 Å². The Kier molecular flexibility index (Phi) is 4.14. The Morgan fingerprint density at radius 2 is 1.89 bits per heavy atom. The van der Waals surface area contributed by atoms with Gasteiger partial charge in [-0.25, -0.2) is 4.79 Å². The maximum Gasteiger partial charge on any atom is 0.338 e. The van der Waals surface area contributed by atoms with Crippen molar-refractivity contribution in [3.63, 3.8) is 0 Å². The van der Waals surface area contributed by atoms with E-state index in [2.05, 4.69) is 27.7 Å². The van der Waals surface area contributed by atoms with Crippen LogP contribution in [0.3, 0.4) is 0 Å². The van der Waals surface area contributed by atoms with E-state index in [0.29, 0.717) is 17.9 Å². The molecule has 4 nitrogen and oxygen atoms in total. The van der Waals surface area contributed by atoms with E-state index >= 15 is 0 Å². The minimum absolute atomic E-state index is 0.0351. The quantitative estimate of drug-likeness (QED) is 0.399. The minimum Gasteiger partial charge on any atom is -0.493 e. The fraction of sp³-hybridized carbons (Fsp3) is 0.739. The maximum atomic E-state index is 12.8. The topological polar surface area (TPSA) is 52.6 Å². The number of hydrogen-bond acceptors (Lipinski definition) is 4. The zero-order valence-electron chi connectivity index (χ0n) is 17.3. The Bertz CT molecular complexity index is 745. The molecule has 0 aromatic carbocycles. The Labute approximate surface area is 162 Å². The molecule has 4 rings (SSSR count). The Morgan fingerprint density at radius 1 is 1.15 bits per heavy atom. The van der Waals surface area contributed by atoms with E-state index in [1.54, 1.807) is 6.26 Å². The van der Waals surface area contributed by atoms with Crippen LogP contribution in [0.2, 0.25) is 0 Å². The Balaban J connectivity index is 1.67. The van der Waals surface area contributed by atoms with Gasteiger partial charge in [-0.3, -0.25) is 4.79 Å². The summed E-state index contributed by atoms with van der Waals surface area (Å²) in [5, 5.41) is 0. The van der Waals surface area contributed by atoms with Crippen LogP contribution in [-0.4, -0.2) is 23.5 Å². The molecular weight excluding hydrogens is 340 g/mol. The molecular formula is C23H32O4. The first-order chi connectivity index (χ1) is 12.6. The molecule has 3 aliphatic carbocycles. The lowest BCUT2D eigenvalue weighted by Crippen LogP contribution is -2.56. The molecule has 2 unspecified atom stereocenters. The van der Waals surface area contributed by atoms with Crippen LogP contribution in [0, 0.1) is 22.7 Å². The van der Waals surface area contributed by atoms with E-state index in [9.17, 15) is 9.59 Å². The first kappa shape index (κ1) is 18.8. The van der Waals surface area contributed by atoms with Crippen molar-refractivity contribution in [1.29, 1.82) is 0 Å². The summed E-state index contributed by atoms with van der Waals surface area (Å²) in [5.74, 6) is 0.511. The maximum absolute atomic E-state index is 12.8. The number of rotatable bonds is 2. The molecule has 0 bridgehead atoms. The van der Waals surface area contributed by atoms with Gasteiger partial charge in [-0.1, -0.05) is 27.2 Å². The number of ketones is 1. The summed E-state index contributed by atoms with van der Waals surface area (Å²) < 4.78 is 11.8. The van der Waals surface area contributed by atoms with Crippen molar-refractivity contribution in [2.45, 2.75) is 84.8 Å². The standard InChI is InChI=1S/C23H32O4/c1-14-11-15(12-17(14)24)26-13-16-19-22(4)9-6-8-21(2,3)18(22)7-10-23(19,5)27-20(16)25/h11,13,15,18-19H,6-10,12H2,1-5H3/b16-13-/t15?,18?,19-,22+,23-/m1/s1. The SMILES string of the molecule is CC1=CC(O/C=C2\C(=O)O[C@]3(C)CCC4C(C)(C)CCC[C@]4(C)[C@@H]23)CC1=O. The van der Waals surface area contributed by atoms with Gasteiger partial charge in [0.1, 0.15) is 11.7 Å². The van der Waals surface area contributed by atoms with Gasteiger partial charge in [-0.05, 0) is 67.9 Å². The third kappa shape index (κ3) is 2.78. The second-order valence-electron chi connectivity index (χ2n) is 10.3. The van der Waals surface area contributed by atoms with Crippen LogP contribution in [0.5, 0.6) is 0 Å². The Morgan fingerprint density at radius 3 is 2.56 bits per heavy atom. The average Bonchev–Trinajstić information content (AvgIpc) is 3.00. The molecule has 148 valence electrons. The fourth-order valence-corrected chi connectivity index (χ4v) is 6.83. The van der Waals surface area contributed by atoms with E-state index in [-0.39, 0.29) is 34.6 Å². The van der Waals surface area contributed by atoms with Gasteiger partial charge in [-0.15, -0.1) is 0 Å². The number of fused-ring (bicyclic) bond motifs is 3. The molecule has 3 fully saturated rings. The van der Waals surface area contributed by atoms with Crippen LogP contribution in [0.4, 0.5) is 0 Å². The smallest absolute Gasteiger partial charge is 0.338 e. The predicted molar refractivity (Wildman–Crippen MR) is 103 cm³/mol. The van der Waals surface area contributed by atoms with Crippen molar-refractivity contribution in [2.75, 3.05) is 0 Å². The summed E-state index contributed by atoms with van der Waals surface area (Å²) in [6.07, 6.45) is 9.15. The zero-order chi connectivity index (χ0) is 19.6. The molecule has 0 spiro atoms. The van der Waals surface area contributed by atoms with Gasteiger partial charge >= 0.3 is 5.97 Å². The molecule has 4 aliphatic rings. The summed E-state index contributed by atoms with van der Waals surface area (Å²) in [6, 6.07) is 0. The summed E-state index contributed by atoms with van der Waals surface area (Å²) in [6.45, 7) is 11.0. The van der Waals surface area contributed by atoms with Crippen LogP contribution in [-0.2, 0) is 19.1 Å². The summed E-state index contributed by atoms with van der Waals surface area (Å²) in [5.41, 5.74) is 1.29. The van der Waals surface area contributed by atoms with Gasteiger partial charge in [-0.2, -0.15) is 0 Å². The lowest BCUT2D eigenvalue weighted by atomic mass is 9.45. The first-order valence-electron chi connectivity index (χ1n) is 10.4. The summed E-state index contributed by atoms with van der Waals surface area (Å²) >= 11 is 0. The molecule has 0 aromatic heterocycles. The normalized spacial score (nSPS) is 44.6. The van der Waals surface area contributed by atoms with Crippen LogP contribution >= 0.6 is 0 Å². The van der Waals surface area contributed by atoms with E-state index in [1.165, 1.54) is 12.8 Å². The lowest BCUT2D eigenvalue weighted by Gasteiger charge is -2.59. The average molecular weight is 373 g/mol. The highest BCUT2D eigenvalue weighted by Crippen LogP contribution is 2.66. The second kappa shape index (κ2) is 5.96. The van der Waals surface area contributed by atoms with Crippen molar-refractivity contribution < 1.29 is 19.1 Å². The number of hydrogen-bond donors (Lipinski definition) is 0. The summed E-state index contributed by atoms with van der Waals surface area (Å²) in [7, 11) is 0. The first-order valence-corrected chi connectivity index (χ1v) is 10.4. The Hall–Kier alpha value is -1.58. The number of carbonyl (C=O) groups excluding carboxylic acids is 2. The molecule has 0 aromatic rings. The van der Waals surface area contributed by atoms with Crippen LogP contribution in [0.1, 0.15) is 73.1 Å². The molecule has 1 heterocycles. The molecule has 0 N–H and O–H groups in total. The fourth-order valence-electron chi connectivity index (χ4n) is 6.83. The molecule has 1 saturated heterocycles. The lowest BCUT2D eigenvalue weighted by molar-refractivity contribution is -0.164. The molecule has 0 amide bonds. The third-order valence-electron chi connectivity index (χ3n) is 7.98. The third-order valence-corrected chi connectivity index (χ3v) is 7.98. The predicted octanol–water partition coefficient (Wildman–Crippen LogP) is 4.73. The van der Waals surface area contributed by atoms with Crippen LogP contribution in [0.25, 0.3) is 0 Å². The van der Waals surface area contributed by atoms with Crippen molar-refractivity contribution in [1.82, 2.24) is 0 Å². The van der Waals surface area contributed by atoms with E-state index in [0.717, 1.165) is 24.8 Å². The van der Waals surface area contributed by atoms with Gasteiger partial charge < -0.3 is 9.47 Å². The van der Waals surface area contributed by atoms with Gasteiger partial charge in [0.25, 0.3) is 0 Å². The monoisotopic (exact) mass is 372 g/mol. The largest absolute Gasteiger partial charge is 0.493 e. The van der Waals surface area contributed by atoms with Gasteiger partial charge in [0.05, 0.1) is 18.3 Å². The number of Topliss-reactive ketones (excluding diaryl/α,β-unsaturated/α-hetero) is 1.